The molecule has 0 aliphatic heterocycles. The van der Waals surface area contributed by atoms with E-state index < -0.39 is 0 Å². The Morgan fingerprint density at radius 2 is 1.19 bits per heavy atom. The predicted octanol–water partition coefficient (Wildman–Crippen LogP) is 3.88. The first kappa shape index (κ1) is 11.1. The summed E-state index contributed by atoms with van der Waals surface area (Å²) in [7, 11) is 0. The zero-order chi connectivity index (χ0) is 10.8. The normalized spacial score (nSPS) is 30.8. The summed E-state index contributed by atoms with van der Waals surface area (Å²) in [6.45, 7) is 0. The molecule has 0 amide bonds. The van der Waals surface area contributed by atoms with E-state index in [0.29, 0.717) is 0 Å². The van der Waals surface area contributed by atoms with Gasteiger partial charge in [-0.05, 0) is 50.4 Å². The van der Waals surface area contributed by atoms with Crippen molar-refractivity contribution >= 4 is 0 Å². The molecule has 16 heavy (non-hydrogen) atoms. The van der Waals surface area contributed by atoms with Gasteiger partial charge in [0.2, 0.25) is 0 Å². The zero-order valence-corrected chi connectivity index (χ0v) is 10.6. The van der Waals surface area contributed by atoms with Crippen LogP contribution >= 0.6 is 0 Å². The molecule has 1 nitrogen and oxygen atoms in total. The lowest BCUT2D eigenvalue weighted by Crippen LogP contribution is -2.43. The fourth-order valence-corrected chi connectivity index (χ4v) is 3.97. The Bertz CT molecular complexity index is 209. The summed E-state index contributed by atoms with van der Waals surface area (Å²) in [5, 5.41) is 4.05. The van der Waals surface area contributed by atoms with E-state index >= 15 is 0 Å². The second kappa shape index (κ2) is 5.08. The van der Waals surface area contributed by atoms with E-state index in [1.54, 1.807) is 0 Å². The van der Waals surface area contributed by atoms with Crippen LogP contribution < -0.4 is 5.32 Å². The molecule has 0 radical (unpaired) electrons. The average Bonchev–Trinajstić information content (AvgIpc) is 3.05. The van der Waals surface area contributed by atoms with Gasteiger partial charge in [-0.2, -0.15) is 0 Å². The molecule has 0 aromatic heterocycles. The summed E-state index contributed by atoms with van der Waals surface area (Å²) in [5.41, 5.74) is 0. The Hall–Kier alpha value is -0.0400. The van der Waals surface area contributed by atoms with Gasteiger partial charge in [-0.25, -0.2) is 0 Å². The summed E-state index contributed by atoms with van der Waals surface area (Å²) in [6, 6.07) is 1.79. The third-order valence-corrected chi connectivity index (χ3v) is 5.07. The quantitative estimate of drug-likeness (QED) is 0.759. The van der Waals surface area contributed by atoms with Gasteiger partial charge in [0.1, 0.15) is 0 Å². The van der Waals surface area contributed by atoms with Crippen molar-refractivity contribution in [2.45, 2.75) is 82.7 Å². The molecule has 0 bridgehead atoms. The molecular formula is C15H27N. The summed E-state index contributed by atoms with van der Waals surface area (Å²) >= 11 is 0. The lowest BCUT2D eigenvalue weighted by atomic mass is 9.81. The van der Waals surface area contributed by atoms with Crippen LogP contribution in [-0.4, -0.2) is 12.1 Å². The Morgan fingerprint density at radius 1 is 0.625 bits per heavy atom. The molecule has 0 spiro atoms. The van der Waals surface area contributed by atoms with Gasteiger partial charge in [0.05, 0.1) is 0 Å². The Balaban J connectivity index is 1.56. The van der Waals surface area contributed by atoms with Crippen molar-refractivity contribution in [2.75, 3.05) is 0 Å². The van der Waals surface area contributed by atoms with Crippen LogP contribution in [0.5, 0.6) is 0 Å². The minimum Gasteiger partial charge on any atom is -0.311 e. The van der Waals surface area contributed by atoms with E-state index in [1.807, 2.05) is 0 Å². The highest BCUT2D eigenvalue weighted by atomic mass is 15.0. The van der Waals surface area contributed by atoms with Gasteiger partial charge < -0.3 is 5.32 Å². The number of hydrogen-bond donors (Lipinski definition) is 1. The predicted molar refractivity (Wildman–Crippen MR) is 68.5 cm³/mol. The largest absolute Gasteiger partial charge is 0.311 e. The van der Waals surface area contributed by atoms with Crippen molar-refractivity contribution in [3.05, 3.63) is 0 Å². The lowest BCUT2D eigenvalue weighted by molar-refractivity contribution is 0.230. The van der Waals surface area contributed by atoms with E-state index in [-0.39, 0.29) is 0 Å². The van der Waals surface area contributed by atoms with Crippen molar-refractivity contribution in [3.63, 3.8) is 0 Å². The van der Waals surface area contributed by atoms with Crippen molar-refractivity contribution in [2.24, 2.45) is 11.8 Å². The van der Waals surface area contributed by atoms with Crippen LogP contribution in [-0.2, 0) is 0 Å². The highest BCUT2D eigenvalue weighted by molar-refractivity contribution is 4.94. The summed E-state index contributed by atoms with van der Waals surface area (Å²) in [6.07, 6.45) is 16.4. The minimum atomic E-state index is 0.882. The maximum Gasteiger partial charge on any atom is 0.0126 e. The summed E-state index contributed by atoms with van der Waals surface area (Å²) in [4.78, 5) is 0. The van der Waals surface area contributed by atoms with Gasteiger partial charge in [-0.1, -0.05) is 32.1 Å². The van der Waals surface area contributed by atoms with Crippen LogP contribution in [0.2, 0.25) is 0 Å². The first-order valence-electron chi connectivity index (χ1n) is 7.69. The van der Waals surface area contributed by atoms with Gasteiger partial charge in [-0.15, -0.1) is 0 Å². The van der Waals surface area contributed by atoms with Crippen molar-refractivity contribution in [3.8, 4) is 0 Å². The maximum absolute atomic E-state index is 4.05. The molecule has 3 rings (SSSR count). The van der Waals surface area contributed by atoms with E-state index in [4.69, 9.17) is 0 Å². The van der Waals surface area contributed by atoms with Crippen LogP contribution in [0, 0.1) is 11.8 Å². The SMILES string of the molecule is C1CCC(C(NC2CCCC2)C2CC2)CC1. The average molecular weight is 221 g/mol. The van der Waals surface area contributed by atoms with Crippen molar-refractivity contribution in [1.29, 1.82) is 0 Å². The monoisotopic (exact) mass is 221 g/mol. The topological polar surface area (TPSA) is 12.0 Å². The first-order valence-corrected chi connectivity index (χ1v) is 7.69. The fourth-order valence-electron chi connectivity index (χ4n) is 3.97. The van der Waals surface area contributed by atoms with Gasteiger partial charge >= 0.3 is 0 Å². The molecule has 3 saturated carbocycles. The lowest BCUT2D eigenvalue weighted by Gasteiger charge is -2.33. The third-order valence-electron chi connectivity index (χ3n) is 5.07. The fraction of sp³-hybridized carbons (Fsp3) is 1.00. The van der Waals surface area contributed by atoms with E-state index in [0.717, 1.165) is 23.9 Å². The molecule has 1 heteroatoms. The molecule has 0 aromatic rings. The molecule has 0 heterocycles. The van der Waals surface area contributed by atoms with Crippen molar-refractivity contribution < 1.29 is 0 Å². The smallest absolute Gasteiger partial charge is 0.0126 e. The standard InChI is InChI=1S/C15H27N/c1-2-6-12(7-3-1)15(13-10-11-13)16-14-8-4-5-9-14/h12-16H,1-11H2. The molecule has 0 aromatic carbocycles. The highest BCUT2D eigenvalue weighted by Gasteiger charge is 2.38. The van der Waals surface area contributed by atoms with Gasteiger partial charge in [0.25, 0.3) is 0 Å². The van der Waals surface area contributed by atoms with Gasteiger partial charge in [0.15, 0.2) is 0 Å². The molecule has 3 aliphatic rings. The minimum absolute atomic E-state index is 0.882. The number of rotatable bonds is 4. The van der Waals surface area contributed by atoms with E-state index in [2.05, 4.69) is 5.32 Å². The van der Waals surface area contributed by atoms with Crippen LogP contribution in [0.25, 0.3) is 0 Å². The maximum atomic E-state index is 4.05. The van der Waals surface area contributed by atoms with Crippen LogP contribution in [0.15, 0.2) is 0 Å². The zero-order valence-electron chi connectivity index (χ0n) is 10.6. The van der Waals surface area contributed by atoms with Crippen LogP contribution in [0.4, 0.5) is 0 Å². The molecule has 1 unspecified atom stereocenters. The summed E-state index contributed by atoms with van der Waals surface area (Å²) in [5.74, 6) is 2.09. The molecule has 3 fully saturated rings. The molecule has 92 valence electrons. The van der Waals surface area contributed by atoms with Gasteiger partial charge in [0, 0.05) is 12.1 Å². The summed E-state index contributed by atoms with van der Waals surface area (Å²) < 4.78 is 0. The number of nitrogens with one attached hydrogen (secondary N) is 1. The molecule has 1 atom stereocenters. The first-order chi connectivity index (χ1) is 7.93. The third kappa shape index (κ3) is 2.61. The Labute approximate surface area is 100 Å². The molecule has 0 saturated heterocycles. The van der Waals surface area contributed by atoms with Gasteiger partial charge in [-0.3, -0.25) is 0 Å². The second-order valence-electron chi connectivity index (χ2n) is 6.41. The molecule has 1 N–H and O–H groups in total. The highest BCUT2D eigenvalue weighted by Crippen LogP contribution is 2.41. The number of hydrogen-bond acceptors (Lipinski definition) is 1. The van der Waals surface area contributed by atoms with Crippen molar-refractivity contribution in [1.82, 2.24) is 5.32 Å². The van der Waals surface area contributed by atoms with E-state index in [1.165, 1.54) is 70.6 Å². The van der Waals surface area contributed by atoms with Crippen LogP contribution in [0.1, 0.15) is 70.6 Å². The molecule has 3 aliphatic carbocycles. The van der Waals surface area contributed by atoms with E-state index in [9.17, 15) is 0 Å². The Morgan fingerprint density at radius 3 is 1.81 bits per heavy atom. The van der Waals surface area contributed by atoms with Crippen LogP contribution in [0.3, 0.4) is 0 Å². The second-order valence-corrected chi connectivity index (χ2v) is 6.41. The Kier molecular flexibility index (Phi) is 3.51. The molecular weight excluding hydrogens is 194 g/mol.